The first-order valence-electron chi connectivity index (χ1n) is 7.60. The molecule has 2 unspecified atom stereocenters. The molecule has 2 fully saturated rings. The van der Waals surface area contributed by atoms with E-state index in [2.05, 4.69) is 11.8 Å². The highest BCUT2D eigenvalue weighted by molar-refractivity contribution is 5.83. The molecule has 2 atom stereocenters. The van der Waals surface area contributed by atoms with Crippen LogP contribution >= 0.6 is 0 Å². The van der Waals surface area contributed by atoms with Crippen molar-refractivity contribution in [2.24, 2.45) is 0 Å². The predicted molar refractivity (Wildman–Crippen MR) is 77.0 cm³/mol. The summed E-state index contributed by atoms with van der Waals surface area (Å²) in [4.78, 5) is 29.0. The molecule has 2 aliphatic heterocycles. The van der Waals surface area contributed by atoms with Crippen molar-refractivity contribution in [1.82, 2.24) is 14.7 Å². The molecule has 0 bridgehead atoms. The van der Waals surface area contributed by atoms with Crippen LogP contribution in [-0.2, 0) is 4.79 Å². The van der Waals surface area contributed by atoms with Crippen molar-refractivity contribution in [3.63, 3.8) is 0 Å². The largest absolute Gasteiger partial charge is 0.480 e. The Morgan fingerprint density at radius 3 is 2.43 bits per heavy atom. The van der Waals surface area contributed by atoms with Crippen LogP contribution in [0.5, 0.6) is 0 Å². The number of aliphatic hydroxyl groups is 1. The van der Waals surface area contributed by atoms with Gasteiger partial charge in [0.1, 0.15) is 6.04 Å². The topological polar surface area (TPSA) is 84.3 Å². The Labute approximate surface area is 125 Å². The molecule has 0 aromatic heterocycles. The maximum absolute atomic E-state index is 12.5. The van der Waals surface area contributed by atoms with Crippen LogP contribution in [0.25, 0.3) is 0 Å². The van der Waals surface area contributed by atoms with Gasteiger partial charge in [0.25, 0.3) is 0 Å². The summed E-state index contributed by atoms with van der Waals surface area (Å²) in [6, 6.07) is -1.05. The quantitative estimate of drug-likeness (QED) is 0.769. The van der Waals surface area contributed by atoms with Gasteiger partial charge < -0.3 is 24.9 Å². The summed E-state index contributed by atoms with van der Waals surface area (Å²) in [6.45, 7) is 5.17. The lowest BCUT2D eigenvalue weighted by Crippen LogP contribution is -2.52. The lowest BCUT2D eigenvalue weighted by molar-refractivity contribution is -0.141. The molecule has 2 heterocycles. The maximum Gasteiger partial charge on any atom is 0.326 e. The fourth-order valence-corrected chi connectivity index (χ4v) is 3.24. The number of hydrogen-bond donors (Lipinski definition) is 2. The van der Waals surface area contributed by atoms with Crippen LogP contribution in [0, 0.1) is 0 Å². The van der Waals surface area contributed by atoms with Gasteiger partial charge in [-0.2, -0.15) is 0 Å². The Kier molecular flexibility index (Phi) is 5.05. The van der Waals surface area contributed by atoms with Crippen LogP contribution in [0.1, 0.15) is 26.2 Å². The molecular formula is C14H25N3O4. The number of carboxylic acids is 1. The molecule has 21 heavy (non-hydrogen) atoms. The molecule has 7 nitrogen and oxygen atoms in total. The maximum atomic E-state index is 12.5. The molecule has 0 saturated carbocycles. The number of amides is 2. The summed E-state index contributed by atoms with van der Waals surface area (Å²) < 4.78 is 0. The Bertz CT molecular complexity index is 396. The van der Waals surface area contributed by atoms with Gasteiger partial charge >= 0.3 is 12.0 Å². The number of piperidine rings is 1. The summed E-state index contributed by atoms with van der Waals surface area (Å²) in [5.41, 5.74) is 0. The number of hydrogen-bond acceptors (Lipinski definition) is 4. The molecule has 0 aromatic carbocycles. The third-order valence-electron chi connectivity index (χ3n) is 4.66. The fourth-order valence-electron chi connectivity index (χ4n) is 3.24. The summed E-state index contributed by atoms with van der Waals surface area (Å²) in [5.74, 6) is -1.05. The molecule has 2 saturated heterocycles. The second kappa shape index (κ2) is 6.62. The number of carbonyl (C=O) groups is 2. The van der Waals surface area contributed by atoms with Crippen molar-refractivity contribution >= 4 is 12.0 Å². The van der Waals surface area contributed by atoms with E-state index >= 15 is 0 Å². The first-order valence-corrected chi connectivity index (χ1v) is 7.60. The Morgan fingerprint density at radius 1 is 1.29 bits per heavy atom. The molecule has 7 heteroatoms. The molecule has 0 radical (unpaired) electrons. The third-order valence-corrected chi connectivity index (χ3v) is 4.66. The Morgan fingerprint density at radius 2 is 1.90 bits per heavy atom. The monoisotopic (exact) mass is 299 g/mol. The molecule has 2 amide bonds. The Balaban J connectivity index is 1.97. The third kappa shape index (κ3) is 3.47. The van der Waals surface area contributed by atoms with Crippen LogP contribution in [0.3, 0.4) is 0 Å². The average Bonchev–Trinajstić information content (AvgIpc) is 2.88. The van der Waals surface area contributed by atoms with Gasteiger partial charge in [-0.1, -0.05) is 6.92 Å². The first kappa shape index (κ1) is 16.0. The highest BCUT2D eigenvalue weighted by Gasteiger charge is 2.41. The predicted octanol–water partition coefficient (Wildman–Crippen LogP) is 0.0423. The number of aliphatic carboxylic acids is 1. The van der Waals surface area contributed by atoms with E-state index in [4.69, 9.17) is 0 Å². The van der Waals surface area contributed by atoms with Crippen molar-refractivity contribution in [2.75, 3.05) is 33.2 Å². The van der Waals surface area contributed by atoms with Crippen molar-refractivity contribution in [2.45, 2.75) is 44.4 Å². The number of urea groups is 1. The highest BCUT2D eigenvalue weighted by atomic mass is 16.4. The standard InChI is InChI=1S/C14H25N3O4/c1-3-16-6-4-10(5-7-16)15(2)14(21)17-9-11(18)8-12(17)13(19)20/h10-12,18H,3-9H2,1-2H3,(H,19,20). The second-order valence-corrected chi connectivity index (χ2v) is 5.95. The summed E-state index contributed by atoms with van der Waals surface area (Å²) in [7, 11) is 1.73. The van der Waals surface area contributed by atoms with Gasteiger partial charge in [-0.25, -0.2) is 9.59 Å². The van der Waals surface area contributed by atoms with E-state index in [1.165, 1.54) is 4.90 Å². The van der Waals surface area contributed by atoms with Crippen LogP contribution in [0.4, 0.5) is 4.79 Å². The van der Waals surface area contributed by atoms with Gasteiger partial charge in [0, 0.05) is 39.1 Å². The van der Waals surface area contributed by atoms with Crippen LogP contribution < -0.4 is 0 Å². The first-order chi connectivity index (χ1) is 9.93. The van der Waals surface area contributed by atoms with Crippen molar-refractivity contribution in [3.8, 4) is 0 Å². The molecule has 0 aromatic rings. The highest BCUT2D eigenvalue weighted by Crippen LogP contribution is 2.22. The van der Waals surface area contributed by atoms with Crippen LogP contribution in [0.15, 0.2) is 0 Å². The average molecular weight is 299 g/mol. The summed E-state index contributed by atoms with van der Waals surface area (Å²) >= 11 is 0. The van der Waals surface area contributed by atoms with E-state index in [1.807, 2.05) is 0 Å². The van der Waals surface area contributed by atoms with E-state index in [9.17, 15) is 19.8 Å². The number of likely N-dealkylation sites (tertiary alicyclic amines) is 2. The molecule has 120 valence electrons. The zero-order valence-electron chi connectivity index (χ0n) is 12.7. The summed E-state index contributed by atoms with van der Waals surface area (Å²) in [5, 5.41) is 18.8. The minimum atomic E-state index is -1.05. The molecule has 2 N–H and O–H groups in total. The van der Waals surface area contributed by atoms with E-state index in [1.54, 1.807) is 11.9 Å². The van der Waals surface area contributed by atoms with Gasteiger partial charge in [0.15, 0.2) is 0 Å². The minimum Gasteiger partial charge on any atom is -0.480 e. The number of nitrogens with zero attached hydrogens (tertiary/aromatic N) is 3. The minimum absolute atomic E-state index is 0.105. The number of carboxylic acid groups (broad SMARTS) is 1. The normalized spacial score (nSPS) is 27.9. The zero-order chi connectivity index (χ0) is 15.6. The SMILES string of the molecule is CCN1CCC(N(C)C(=O)N2CC(O)CC2C(=O)O)CC1. The van der Waals surface area contributed by atoms with E-state index in [0.29, 0.717) is 0 Å². The van der Waals surface area contributed by atoms with Gasteiger partial charge in [-0.3, -0.25) is 0 Å². The van der Waals surface area contributed by atoms with Gasteiger partial charge in [0.2, 0.25) is 0 Å². The summed E-state index contributed by atoms with van der Waals surface area (Å²) in [6.07, 6.45) is 1.18. The molecule has 0 spiro atoms. The van der Waals surface area contributed by atoms with Gasteiger partial charge in [-0.05, 0) is 19.4 Å². The van der Waals surface area contributed by atoms with Crippen LogP contribution in [0.2, 0.25) is 0 Å². The van der Waals surface area contributed by atoms with Crippen molar-refractivity contribution in [3.05, 3.63) is 0 Å². The number of β-amino-alcohol motifs (C(OH)–C–C–N with tert-alkyl or cyclic N) is 1. The number of carbonyl (C=O) groups excluding carboxylic acids is 1. The zero-order valence-corrected chi connectivity index (χ0v) is 12.7. The van der Waals surface area contributed by atoms with E-state index < -0.39 is 18.1 Å². The van der Waals surface area contributed by atoms with Crippen molar-refractivity contribution < 1.29 is 19.8 Å². The molecule has 2 rings (SSSR count). The number of aliphatic hydroxyl groups excluding tert-OH is 1. The van der Waals surface area contributed by atoms with E-state index in [0.717, 1.165) is 32.5 Å². The lowest BCUT2D eigenvalue weighted by Gasteiger charge is -2.38. The fraction of sp³-hybridized carbons (Fsp3) is 0.857. The van der Waals surface area contributed by atoms with Crippen molar-refractivity contribution in [1.29, 1.82) is 0 Å². The Hall–Kier alpha value is -1.34. The van der Waals surface area contributed by atoms with Gasteiger partial charge in [0.05, 0.1) is 6.10 Å². The lowest BCUT2D eigenvalue weighted by atomic mass is 10.0. The molecule has 2 aliphatic rings. The van der Waals surface area contributed by atoms with Gasteiger partial charge in [-0.15, -0.1) is 0 Å². The smallest absolute Gasteiger partial charge is 0.326 e. The molecule has 0 aliphatic carbocycles. The number of rotatable bonds is 3. The van der Waals surface area contributed by atoms with Crippen LogP contribution in [-0.4, -0.2) is 88.3 Å². The van der Waals surface area contributed by atoms with E-state index in [-0.39, 0.29) is 25.0 Å². The molecular weight excluding hydrogens is 274 g/mol. The second-order valence-electron chi connectivity index (χ2n) is 5.95.